The number of aliphatic hydroxyl groups is 1. The molecule has 164 valence electrons. The van der Waals surface area contributed by atoms with Gasteiger partial charge in [-0.15, -0.1) is 0 Å². The normalized spacial score (nSPS) is 15.8. The minimum Gasteiger partial charge on any atom is -0.491 e. The molecule has 1 unspecified atom stereocenters. The first kappa shape index (κ1) is 22.9. The number of hydrogen-bond donors (Lipinski definition) is 1. The maximum atomic E-state index is 10.3. The fourth-order valence-corrected chi connectivity index (χ4v) is 3.86. The van der Waals surface area contributed by atoms with Crippen molar-refractivity contribution >= 4 is 27.3 Å². The highest BCUT2D eigenvalue weighted by Crippen LogP contribution is 2.28. The highest BCUT2D eigenvalue weighted by Gasteiger charge is 2.21. The van der Waals surface area contributed by atoms with E-state index >= 15 is 0 Å². The molecule has 0 amide bonds. The Morgan fingerprint density at radius 2 is 1.70 bits per heavy atom. The van der Waals surface area contributed by atoms with Crippen LogP contribution in [-0.2, 0) is 4.74 Å². The zero-order valence-corrected chi connectivity index (χ0v) is 19.4. The van der Waals surface area contributed by atoms with E-state index in [0.717, 1.165) is 36.4 Å². The summed E-state index contributed by atoms with van der Waals surface area (Å²) in [7, 11) is 4.16. The van der Waals surface area contributed by atoms with Crippen LogP contribution in [0.2, 0.25) is 0 Å². The van der Waals surface area contributed by atoms with Crippen LogP contribution in [0.3, 0.4) is 0 Å². The van der Waals surface area contributed by atoms with Crippen LogP contribution in [0.5, 0.6) is 5.75 Å². The summed E-state index contributed by atoms with van der Waals surface area (Å²) in [6.45, 7) is 5.68. The molecule has 1 aliphatic rings. The van der Waals surface area contributed by atoms with E-state index in [4.69, 9.17) is 9.47 Å². The Balaban J connectivity index is 1.32. The van der Waals surface area contributed by atoms with Gasteiger partial charge in [0.05, 0.1) is 30.7 Å². The SMILES string of the molecule is CN(C)c1ccccc1N1CCN(CC(O)COCCOc2ccc(Br)cc2)CC1. The van der Waals surface area contributed by atoms with Crippen LogP contribution >= 0.6 is 15.9 Å². The van der Waals surface area contributed by atoms with Gasteiger partial charge in [0.15, 0.2) is 0 Å². The molecule has 0 saturated carbocycles. The second-order valence-corrected chi connectivity index (χ2v) is 8.62. The summed E-state index contributed by atoms with van der Waals surface area (Å²) >= 11 is 3.40. The molecule has 1 aliphatic heterocycles. The second kappa shape index (κ2) is 11.6. The van der Waals surface area contributed by atoms with E-state index in [9.17, 15) is 5.11 Å². The molecule has 1 fully saturated rings. The van der Waals surface area contributed by atoms with E-state index in [1.165, 1.54) is 11.4 Å². The van der Waals surface area contributed by atoms with Gasteiger partial charge in [-0.05, 0) is 36.4 Å². The van der Waals surface area contributed by atoms with Crippen molar-refractivity contribution in [2.75, 3.05) is 76.4 Å². The molecule has 2 aromatic rings. The molecule has 0 radical (unpaired) electrons. The summed E-state index contributed by atoms with van der Waals surface area (Å²) in [5, 5.41) is 10.3. The van der Waals surface area contributed by atoms with E-state index in [2.05, 4.69) is 69.0 Å². The lowest BCUT2D eigenvalue weighted by Crippen LogP contribution is -2.49. The highest BCUT2D eigenvalue weighted by molar-refractivity contribution is 9.10. The molecular formula is C23H32BrN3O3. The Morgan fingerprint density at radius 3 is 2.40 bits per heavy atom. The smallest absolute Gasteiger partial charge is 0.119 e. The molecule has 1 N–H and O–H groups in total. The van der Waals surface area contributed by atoms with Gasteiger partial charge in [-0.3, -0.25) is 4.90 Å². The summed E-state index contributed by atoms with van der Waals surface area (Å²) in [5.74, 6) is 0.816. The van der Waals surface area contributed by atoms with Crippen molar-refractivity contribution in [1.29, 1.82) is 0 Å². The van der Waals surface area contributed by atoms with Gasteiger partial charge in [0, 0.05) is 51.3 Å². The van der Waals surface area contributed by atoms with E-state index in [-0.39, 0.29) is 0 Å². The molecule has 30 heavy (non-hydrogen) atoms. The number of benzene rings is 2. The summed E-state index contributed by atoms with van der Waals surface area (Å²) in [5.41, 5.74) is 2.52. The molecule has 2 aromatic carbocycles. The molecule has 7 heteroatoms. The summed E-state index contributed by atoms with van der Waals surface area (Å²) in [6, 6.07) is 16.2. The molecule has 6 nitrogen and oxygen atoms in total. The minimum atomic E-state index is -0.488. The Hall–Kier alpha value is -1.80. The predicted molar refractivity (Wildman–Crippen MR) is 126 cm³/mol. The quantitative estimate of drug-likeness (QED) is 0.530. The molecule has 1 saturated heterocycles. The van der Waals surface area contributed by atoms with Gasteiger partial charge in [-0.2, -0.15) is 0 Å². The number of ether oxygens (including phenoxy) is 2. The minimum absolute atomic E-state index is 0.327. The van der Waals surface area contributed by atoms with E-state index in [0.29, 0.717) is 26.4 Å². The Bertz CT molecular complexity index is 765. The van der Waals surface area contributed by atoms with Crippen LogP contribution in [0.25, 0.3) is 0 Å². The van der Waals surface area contributed by atoms with Crippen LogP contribution in [-0.4, -0.2) is 82.8 Å². The monoisotopic (exact) mass is 477 g/mol. The van der Waals surface area contributed by atoms with Crippen molar-refractivity contribution in [3.63, 3.8) is 0 Å². The molecule has 3 rings (SSSR count). The number of nitrogens with zero attached hydrogens (tertiary/aromatic N) is 3. The molecule has 0 spiro atoms. The average Bonchev–Trinajstić information content (AvgIpc) is 2.75. The Morgan fingerprint density at radius 1 is 1.00 bits per heavy atom. The summed E-state index contributed by atoms with van der Waals surface area (Å²) in [4.78, 5) is 6.89. The summed E-state index contributed by atoms with van der Waals surface area (Å²) in [6.07, 6.45) is -0.488. The van der Waals surface area contributed by atoms with Gasteiger partial charge in [-0.1, -0.05) is 28.1 Å². The molecular weight excluding hydrogens is 446 g/mol. The first-order chi connectivity index (χ1) is 14.5. The number of halogens is 1. The van der Waals surface area contributed by atoms with Gasteiger partial charge < -0.3 is 24.4 Å². The number of aliphatic hydroxyl groups excluding tert-OH is 1. The Kier molecular flexibility index (Phi) is 8.81. The van der Waals surface area contributed by atoms with Crippen LogP contribution in [0, 0.1) is 0 Å². The van der Waals surface area contributed by atoms with Crippen molar-refractivity contribution in [3.8, 4) is 5.75 Å². The van der Waals surface area contributed by atoms with E-state index in [1.807, 2.05) is 24.3 Å². The first-order valence-corrected chi connectivity index (χ1v) is 11.2. The van der Waals surface area contributed by atoms with Crippen LogP contribution in [0.4, 0.5) is 11.4 Å². The molecule has 1 heterocycles. The fraction of sp³-hybridized carbons (Fsp3) is 0.478. The molecule has 0 aromatic heterocycles. The number of piperazine rings is 1. The number of β-amino-alcohol motifs (C(OH)–C–C–N with tert-alkyl or cyclic N) is 1. The zero-order chi connectivity index (χ0) is 21.3. The summed E-state index contributed by atoms with van der Waals surface area (Å²) < 4.78 is 12.2. The fourth-order valence-electron chi connectivity index (χ4n) is 3.60. The van der Waals surface area contributed by atoms with Gasteiger partial charge in [0.1, 0.15) is 12.4 Å². The van der Waals surface area contributed by atoms with Gasteiger partial charge >= 0.3 is 0 Å². The third kappa shape index (κ3) is 6.87. The average molecular weight is 478 g/mol. The zero-order valence-electron chi connectivity index (χ0n) is 17.8. The lowest BCUT2D eigenvalue weighted by molar-refractivity contribution is 0.00718. The van der Waals surface area contributed by atoms with Crippen molar-refractivity contribution < 1.29 is 14.6 Å². The molecule has 1 atom stereocenters. The van der Waals surface area contributed by atoms with Crippen LogP contribution in [0.1, 0.15) is 0 Å². The lowest BCUT2D eigenvalue weighted by atomic mass is 10.2. The van der Waals surface area contributed by atoms with Gasteiger partial charge in [-0.25, -0.2) is 0 Å². The first-order valence-electron chi connectivity index (χ1n) is 10.4. The van der Waals surface area contributed by atoms with Crippen LogP contribution < -0.4 is 14.5 Å². The van der Waals surface area contributed by atoms with E-state index in [1.54, 1.807) is 0 Å². The number of hydrogen-bond acceptors (Lipinski definition) is 6. The van der Waals surface area contributed by atoms with Crippen molar-refractivity contribution in [1.82, 2.24) is 4.90 Å². The van der Waals surface area contributed by atoms with Crippen molar-refractivity contribution in [2.45, 2.75) is 6.10 Å². The maximum absolute atomic E-state index is 10.3. The lowest BCUT2D eigenvalue weighted by Gasteiger charge is -2.38. The number of anilines is 2. The molecule has 0 aliphatic carbocycles. The Labute approximate surface area is 188 Å². The maximum Gasteiger partial charge on any atom is 0.119 e. The topological polar surface area (TPSA) is 48.4 Å². The molecule has 0 bridgehead atoms. The third-order valence-electron chi connectivity index (χ3n) is 5.17. The van der Waals surface area contributed by atoms with Crippen molar-refractivity contribution in [3.05, 3.63) is 53.0 Å². The largest absolute Gasteiger partial charge is 0.491 e. The number of rotatable bonds is 10. The highest BCUT2D eigenvalue weighted by atomic mass is 79.9. The van der Waals surface area contributed by atoms with Crippen molar-refractivity contribution in [2.24, 2.45) is 0 Å². The third-order valence-corrected chi connectivity index (χ3v) is 5.69. The van der Waals surface area contributed by atoms with Gasteiger partial charge in [0.25, 0.3) is 0 Å². The second-order valence-electron chi connectivity index (χ2n) is 7.70. The van der Waals surface area contributed by atoms with Crippen LogP contribution in [0.15, 0.2) is 53.0 Å². The van der Waals surface area contributed by atoms with E-state index < -0.39 is 6.10 Å². The predicted octanol–water partition coefficient (Wildman–Crippen LogP) is 3.09. The standard InChI is InChI=1S/C23H32BrN3O3/c1-25(2)22-5-3-4-6-23(22)27-13-11-26(12-14-27)17-20(28)18-29-15-16-30-21-9-7-19(24)8-10-21/h3-10,20,28H,11-18H2,1-2H3. The van der Waals surface area contributed by atoms with Gasteiger partial charge in [0.2, 0.25) is 0 Å². The number of para-hydroxylation sites is 2.